The molecule has 1 aliphatic rings. The first-order valence-electron chi connectivity index (χ1n) is 10.3. The van der Waals surface area contributed by atoms with Crippen LogP contribution in [0, 0.1) is 5.82 Å². The van der Waals surface area contributed by atoms with Crippen LogP contribution < -0.4 is 10.6 Å². The van der Waals surface area contributed by atoms with Gasteiger partial charge in [0, 0.05) is 42.9 Å². The van der Waals surface area contributed by atoms with Crippen LogP contribution in [0.25, 0.3) is 0 Å². The van der Waals surface area contributed by atoms with Crippen molar-refractivity contribution in [1.29, 1.82) is 0 Å². The summed E-state index contributed by atoms with van der Waals surface area (Å²) in [5.74, 6) is 1.46. The fourth-order valence-corrected chi connectivity index (χ4v) is 3.89. The zero-order valence-electron chi connectivity index (χ0n) is 17.4. The molecule has 0 radical (unpaired) electrons. The molecule has 0 atom stereocenters. The van der Waals surface area contributed by atoms with E-state index in [1.807, 2.05) is 12.1 Å². The maximum atomic E-state index is 13.7. The Labute approximate surface area is 173 Å². The molecule has 2 N–H and O–H groups in total. The van der Waals surface area contributed by atoms with E-state index < -0.39 is 0 Å². The van der Waals surface area contributed by atoms with E-state index in [0.717, 1.165) is 57.3 Å². The first kappa shape index (κ1) is 23.0. The van der Waals surface area contributed by atoms with Crippen molar-refractivity contribution in [3.05, 3.63) is 30.1 Å². The lowest BCUT2D eigenvalue weighted by atomic mass is 10.1. The number of thioether (sulfide) groups is 1. The summed E-state index contributed by atoms with van der Waals surface area (Å²) < 4.78 is 19.3. The van der Waals surface area contributed by atoms with E-state index in [1.165, 1.54) is 17.8 Å². The van der Waals surface area contributed by atoms with Gasteiger partial charge in [-0.1, -0.05) is 12.1 Å². The van der Waals surface area contributed by atoms with Gasteiger partial charge >= 0.3 is 0 Å². The van der Waals surface area contributed by atoms with Crippen LogP contribution in [0.2, 0.25) is 0 Å². The van der Waals surface area contributed by atoms with Gasteiger partial charge in [0.05, 0.1) is 19.3 Å². The molecule has 0 unspecified atom stereocenters. The summed E-state index contributed by atoms with van der Waals surface area (Å²) >= 11 is 1.51. The summed E-state index contributed by atoms with van der Waals surface area (Å²) in [6.45, 7) is 11.7. The minimum atomic E-state index is -0.160. The van der Waals surface area contributed by atoms with Crippen LogP contribution in [0.15, 0.2) is 34.2 Å². The summed E-state index contributed by atoms with van der Waals surface area (Å²) in [5.41, 5.74) is 0. The highest BCUT2D eigenvalue weighted by molar-refractivity contribution is 7.99. The third-order valence-electron chi connectivity index (χ3n) is 4.59. The molecule has 0 saturated carbocycles. The number of nitrogens with one attached hydrogen (secondary N) is 2. The van der Waals surface area contributed by atoms with E-state index in [0.29, 0.717) is 23.6 Å². The fourth-order valence-electron chi connectivity index (χ4n) is 3.11. The average molecular weight is 411 g/mol. The molecule has 1 saturated heterocycles. The number of hydrogen-bond acceptors (Lipinski definition) is 4. The van der Waals surface area contributed by atoms with Gasteiger partial charge in [-0.3, -0.25) is 4.99 Å². The second kappa shape index (κ2) is 13.0. The molecule has 5 nitrogen and oxygen atoms in total. The van der Waals surface area contributed by atoms with Crippen LogP contribution in [0.5, 0.6) is 0 Å². The van der Waals surface area contributed by atoms with E-state index in [9.17, 15) is 4.39 Å². The molecular formula is C21H35FN4OS. The van der Waals surface area contributed by atoms with Crippen molar-refractivity contribution in [3.8, 4) is 0 Å². The smallest absolute Gasteiger partial charge is 0.191 e. The van der Waals surface area contributed by atoms with Crippen LogP contribution in [0.3, 0.4) is 0 Å². The number of halogens is 1. The Kier molecular flexibility index (Phi) is 10.7. The quantitative estimate of drug-likeness (QED) is 0.268. The topological polar surface area (TPSA) is 48.9 Å². The first-order chi connectivity index (χ1) is 13.6. The number of hydrogen-bond donors (Lipinski definition) is 2. The van der Waals surface area contributed by atoms with Crippen LogP contribution in [-0.2, 0) is 4.74 Å². The van der Waals surface area contributed by atoms with Crippen molar-refractivity contribution in [2.75, 3.05) is 45.1 Å². The molecule has 0 spiro atoms. The van der Waals surface area contributed by atoms with Crippen molar-refractivity contribution < 1.29 is 9.13 Å². The van der Waals surface area contributed by atoms with Gasteiger partial charge in [-0.15, -0.1) is 11.8 Å². The Balaban J connectivity index is 1.70. The third kappa shape index (κ3) is 8.80. The SMILES string of the molecule is CCNC(=NCCSc1ccccc1F)NC1CCN(CCOC(C)C)CC1. The summed E-state index contributed by atoms with van der Waals surface area (Å²) in [4.78, 5) is 7.81. The zero-order chi connectivity index (χ0) is 20.2. The molecule has 0 bridgehead atoms. The van der Waals surface area contributed by atoms with Crippen molar-refractivity contribution >= 4 is 17.7 Å². The highest BCUT2D eigenvalue weighted by atomic mass is 32.2. The number of ether oxygens (including phenoxy) is 1. The molecule has 2 rings (SSSR count). The van der Waals surface area contributed by atoms with Crippen molar-refractivity contribution in [2.45, 2.75) is 50.7 Å². The van der Waals surface area contributed by atoms with Crippen molar-refractivity contribution in [2.24, 2.45) is 4.99 Å². The van der Waals surface area contributed by atoms with E-state index in [-0.39, 0.29) is 5.82 Å². The number of aliphatic imine (C=N–C) groups is 1. The summed E-state index contributed by atoms with van der Waals surface area (Å²) in [6, 6.07) is 7.33. The number of likely N-dealkylation sites (tertiary alicyclic amines) is 1. The molecule has 1 fully saturated rings. The molecule has 28 heavy (non-hydrogen) atoms. The standard InChI is InChI=1S/C21H35FN4OS/c1-4-23-21(24-11-16-28-20-8-6-5-7-19(20)22)25-18-9-12-26(13-10-18)14-15-27-17(2)3/h5-8,17-18H,4,9-16H2,1-3H3,(H2,23,24,25). The number of rotatable bonds is 10. The van der Waals surface area contributed by atoms with Gasteiger partial charge in [0.25, 0.3) is 0 Å². The number of nitrogens with zero attached hydrogens (tertiary/aromatic N) is 2. The number of guanidine groups is 1. The summed E-state index contributed by atoms with van der Waals surface area (Å²) in [7, 11) is 0. The van der Waals surface area contributed by atoms with Crippen LogP contribution in [0.4, 0.5) is 4.39 Å². The molecular weight excluding hydrogens is 375 g/mol. The lowest BCUT2D eigenvalue weighted by Crippen LogP contribution is -2.49. The predicted molar refractivity (Wildman–Crippen MR) is 117 cm³/mol. The predicted octanol–water partition coefficient (Wildman–Crippen LogP) is 3.36. The number of benzene rings is 1. The van der Waals surface area contributed by atoms with Crippen LogP contribution in [-0.4, -0.2) is 68.1 Å². The largest absolute Gasteiger partial charge is 0.377 e. The molecule has 0 aliphatic carbocycles. The van der Waals surface area contributed by atoms with Gasteiger partial charge in [0.15, 0.2) is 5.96 Å². The van der Waals surface area contributed by atoms with Gasteiger partial charge in [0.1, 0.15) is 5.82 Å². The Morgan fingerprint density at radius 1 is 1.32 bits per heavy atom. The lowest BCUT2D eigenvalue weighted by Gasteiger charge is -2.33. The van der Waals surface area contributed by atoms with E-state index >= 15 is 0 Å². The third-order valence-corrected chi connectivity index (χ3v) is 5.62. The van der Waals surface area contributed by atoms with Gasteiger partial charge in [-0.25, -0.2) is 4.39 Å². The lowest BCUT2D eigenvalue weighted by molar-refractivity contribution is 0.0532. The fraction of sp³-hybridized carbons (Fsp3) is 0.667. The Morgan fingerprint density at radius 3 is 2.75 bits per heavy atom. The van der Waals surface area contributed by atoms with Crippen LogP contribution in [0.1, 0.15) is 33.6 Å². The van der Waals surface area contributed by atoms with E-state index in [1.54, 1.807) is 6.07 Å². The summed E-state index contributed by atoms with van der Waals surface area (Å²) in [5, 5.41) is 6.88. The average Bonchev–Trinajstić information content (AvgIpc) is 2.67. The Hall–Kier alpha value is -1.31. The second-order valence-electron chi connectivity index (χ2n) is 7.22. The van der Waals surface area contributed by atoms with Gasteiger partial charge in [-0.2, -0.15) is 0 Å². The molecule has 0 aromatic heterocycles. The minimum absolute atomic E-state index is 0.160. The number of piperidine rings is 1. The Bertz CT molecular complexity index is 592. The molecule has 7 heteroatoms. The highest BCUT2D eigenvalue weighted by Gasteiger charge is 2.19. The monoisotopic (exact) mass is 410 g/mol. The first-order valence-corrected chi connectivity index (χ1v) is 11.3. The minimum Gasteiger partial charge on any atom is -0.377 e. The molecule has 1 aromatic carbocycles. The van der Waals surface area contributed by atoms with Crippen molar-refractivity contribution in [3.63, 3.8) is 0 Å². The molecule has 1 aromatic rings. The molecule has 0 amide bonds. The normalized spacial score (nSPS) is 16.5. The summed E-state index contributed by atoms with van der Waals surface area (Å²) in [6.07, 6.45) is 2.52. The van der Waals surface area contributed by atoms with Gasteiger partial charge in [0.2, 0.25) is 0 Å². The molecule has 1 heterocycles. The molecule has 1 aliphatic heterocycles. The van der Waals surface area contributed by atoms with E-state index in [4.69, 9.17) is 4.74 Å². The maximum Gasteiger partial charge on any atom is 0.191 e. The zero-order valence-corrected chi connectivity index (χ0v) is 18.2. The maximum absolute atomic E-state index is 13.7. The van der Waals surface area contributed by atoms with Gasteiger partial charge in [-0.05, 0) is 45.7 Å². The van der Waals surface area contributed by atoms with Crippen molar-refractivity contribution in [1.82, 2.24) is 15.5 Å². The van der Waals surface area contributed by atoms with Gasteiger partial charge < -0.3 is 20.3 Å². The van der Waals surface area contributed by atoms with Crippen LogP contribution >= 0.6 is 11.8 Å². The molecule has 158 valence electrons. The second-order valence-corrected chi connectivity index (χ2v) is 8.36. The van der Waals surface area contributed by atoms with E-state index in [2.05, 4.69) is 41.3 Å². The Morgan fingerprint density at radius 2 is 2.07 bits per heavy atom. The highest BCUT2D eigenvalue weighted by Crippen LogP contribution is 2.20.